The van der Waals surface area contributed by atoms with Crippen LogP contribution in [0.5, 0.6) is 5.75 Å². The summed E-state index contributed by atoms with van der Waals surface area (Å²) in [5.74, 6) is -1.57. The van der Waals surface area contributed by atoms with E-state index >= 15 is 0 Å². The molecule has 0 bridgehead atoms. The summed E-state index contributed by atoms with van der Waals surface area (Å²) in [6.07, 6.45) is 0. The summed E-state index contributed by atoms with van der Waals surface area (Å²) in [5.41, 5.74) is 0.621. The van der Waals surface area contributed by atoms with Gasteiger partial charge in [-0.05, 0) is 42.8 Å². The molecule has 2 rings (SSSR count). The molecule has 0 radical (unpaired) electrons. The number of methoxy groups -OCH3 is 1. The fraction of sp³-hybridized carbons (Fsp3) is 0.176. The number of ether oxygens (including phenoxy) is 1. The highest BCUT2D eigenvalue weighted by Gasteiger charge is 2.18. The lowest BCUT2D eigenvalue weighted by Crippen LogP contribution is -2.33. The van der Waals surface area contributed by atoms with E-state index in [-0.39, 0.29) is 23.5 Å². The number of carbonyl (C=O) groups excluding carboxylic acids is 2. The lowest BCUT2D eigenvalue weighted by molar-refractivity contribution is -0.385. The number of nitro groups is 1. The molecule has 136 valence electrons. The summed E-state index contributed by atoms with van der Waals surface area (Å²) in [6.45, 7) is 1.28. The average Bonchev–Trinajstić information content (AvgIpc) is 2.61. The number of halogens is 1. The van der Waals surface area contributed by atoms with Gasteiger partial charge in [-0.25, -0.2) is 4.39 Å². The van der Waals surface area contributed by atoms with Gasteiger partial charge in [-0.15, -0.1) is 0 Å². The molecule has 0 heterocycles. The first-order valence-electron chi connectivity index (χ1n) is 7.48. The second-order valence-corrected chi connectivity index (χ2v) is 5.33. The molecule has 0 saturated heterocycles. The molecule has 0 unspecified atom stereocenters. The minimum Gasteiger partial charge on any atom is -0.490 e. The third-order valence-electron chi connectivity index (χ3n) is 3.51. The Kier molecular flexibility index (Phi) is 5.84. The van der Waals surface area contributed by atoms with Crippen molar-refractivity contribution in [2.24, 2.45) is 0 Å². The van der Waals surface area contributed by atoms with E-state index in [1.165, 1.54) is 37.4 Å². The molecule has 2 N–H and O–H groups in total. The highest BCUT2D eigenvalue weighted by Crippen LogP contribution is 2.27. The molecule has 2 aromatic carbocycles. The molecule has 0 aliphatic rings. The van der Waals surface area contributed by atoms with Crippen molar-refractivity contribution in [3.63, 3.8) is 0 Å². The van der Waals surface area contributed by atoms with Crippen LogP contribution in [0.25, 0.3) is 0 Å². The smallest absolute Gasteiger partial charge is 0.311 e. The highest BCUT2D eigenvalue weighted by molar-refractivity contribution is 6.00. The molecule has 0 fully saturated rings. The lowest BCUT2D eigenvalue weighted by atomic mass is 10.1. The number of nitro benzene ring substituents is 1. The number of hydrogen-bond donors (Lipinski definition) is 2. The van der Waals surface area contributed by atoms with E-state index in [4.69, 9.17) is 4.74 Å². The van der Waals surface area contributed by atoms with E-state index in [1.54, 1.807) is 6.92 Å². The monoisotopic (exact) mass is 361 g/mol. The number of amides is 2. The van der Waals surface area contributed by atoms with E-state index < -0.39 is 22.6 Å². The van der Waals surface area contributed by atoms with Gasteiger partial charge in [0.25, 0.3) is 5.91 Å². The van der Waals surface area contributed by atoms with Crippen LogP contribution in [0.2, 0.25) is 0 Å². The van der Waals surface area contributed by atoms with E-state index in [0.29, 0.717) is 11.3 Å². The molecule has 0 atom stereocenters. The van der Waals surface area contributed by atoms with E-state index in [2.05, 4.69) is 10.6 Å². The van der Waals surface area contributed by atoms with Crippen LogP contribution in [0.3, 0.4) is 0 Å². The van der Waals surface area contributed by atoms with Gasteiger partial charge in [-0.2, -0.15) is 0 Å². The van der Waals surface area contributed by atoms with Gasteiger partial charge in [0.15, 0.2) is 5.75 Å². The molecular weight excluding hydrogens is 345 g/mol. The van der Waals surface area contributed by atoms with Crippen molar-refractivity contribution in [1.82, 2.24) is 5.32 Å². The molecular formula is C17H16FN3O5. The predicted molar refractivity (Wildman–Crippen MR) is 91.7 cm³/mol. The Balaban J connectivity index is 2.00. The first-order valence-corrected chi connectivity index (χ1v) is 7.48. The number of anilines is 1. The highest BCUT2D eigenvalue weighted by atomic mass is 19.1. The minimum atomic E-state index is -0.667. The predicted octanol–water partition coefficient (Wildman–Crippen LogP) is 2.42. The van der Waals surface area contributed by atoms with Crippen molar-refractivity contribution in [3.8, 4) is 5.75 Å². The number of nitrogens with zero attached hydrogens (tertiary/aromatic N) is 1. The normalized spacial score (nSPS) is 10.1. The maximum absolute atomic E-state index is 13.0. The molecule has 9 heteroatoms. The van der Waals surface area contributed by atoms with Gasteiger partial charge >= 0.3 is 5.69 Å². The molecule has 26 heavy (non-hydrogen) atoms. The van der Waals surface area contributed by atoms with Crippen LogP contribution in [0.4, 0.5) is 15.8 Å². The Bertz CT molecular complexity index is 869. The standard InChI is InChI=1S/C17H16FN3O5/c1-10-7-12(18)4-5-13(10)20-16(22)9-19-17(23)11-3-6-15(26-2)14(8-11)21(24)25/h3-8H,9H2,1-2H3,(H,19,23)(H,20,22). The largest absolute Gasteiger partial charge is 0.490 e. The van der Waals surface area contributed by atoms with Gasteiger partial charge < -0.3 is 15.4 Å². The van der Waals surface area contributed by atoms with Crippen molar-refractivity contribution in [1.29, 1.82) is 0 Å². The number of nitrogens with one attached hydrogen (secondary N) is 2. The van der Waals surface area contributed by atoms with Crippen molar-refractivity contribution >= 4 is 23.2 Å². The summed E-state index contributed by atoms with van der Waals surface area (Å²) in [4.78, 5) is 34.3. The Hall–Kier alpha value is -3.49. The van der Waals surface area contributed by atoms with Crippen molar-refractivity contribution in [2.75, 3.05) is 19.0 Å². The van der Waals surface area contributed by atoms with E-state index in [0.717, 1.165) is 6.07 Å². The van der Waals surface area contributed by atoms with Crippen LogP contribution >= 0.6 is 0 Å². The molecule has 8 nitrogen and oxygen atoms in total. The molecule has 0 aromatic heterocycles. The SMILES string of the molecule is COc1ccc(C(=O)NCC(=O)Nc2ccc(F)cc2C)cc1[N+](=O)[O-]. The van der Waals surface area contributed by atoms with Gasteiger partial charge in [0.2, 0.25) is 5.91 Å². The summed E-state index contributed by atoms with van der Waals surface area (Å²) < 4.78 is 17.9. The van der Waals surface area contributed by atoms with Crippen molar-refractivity contribution in [2.45, 2.75) is 6.92 Å². The van der Waals surface area contributed by atoms with Gasteiger partial charge in [0, 0.05) is 17.3 Å². The number of benzene rings is 2. The zero-order valence-corrected chi connectivity index (χ0v) is 14.0. The van der Waals surface area contributed by atoms with E-state index in [9.17, 15) is 24.1 Å². The molecule has 2 amide bonds. The van der Waals surface area contributed by atoms with Crippen LogP contribution in [0.15, 0.2) is 36.4 Å². The maximum Gasteiger partial charge on any atom is 0.311 e. The number of hydrogen-bond acceptors (Lipinski definition) is 5. The van der Waals surface area contributed by atoms with Gasteiger partial charge in [0.05, 0.1) is 18.6 Å². The number of aryl methyl sites for hydroxylation is 1. The summed E-state index contributed by atoms with van der Waals surface area (Å²) in [5, 5.41) is 15.9. The summed E-state index contributed by atoms with van der Waals surface area (Å²) >= 11 is 0. The zero-order valence-electron chi connectivity index (χ0n) is 14.0. The summed E-state index contributed by atoms with van der Waals surface area (Å²) in [6, 6.07) is 7.61. The van der Waals surface area contributed by atoms with Gasteiger partial charge in [-0.3, -0.25) is 19.7 Å². The molecule has 2 aromatic rings. The Morgan fingerprint density at radius 3 is 2.58 bits per heavy atom. The first kappa shape index (κ1) is 18.8. The Morgan fingerprint density at radius 1 is 1.23 bits per heavy atom. The van der Waals surface area contributed by atoms with Crippen LogP contribution in [0, 0.1) is 22.9 Å². The molecule has 0 spiro atoms. The number of carbonyl (C=O) groups is 2. The average molecular weight is 361 g/mol. The molecule has 0 aliphatic heterocycles. The van der Waals surface area contributed by atoms with Gasteiger partial charge in [-0.1, -0.05) is 0 Å². The Labute approximate surface area is 148 Å². The summed E-state index contributed by atoms with van der Waals surface area (Å²) in [7, 11) is 1.28. The van der Waals surface area contributed by atoms with Crippen LogP contribution in [0.1, 0.15) is 15.9 Å². The Morgan fingerprint density at radius 2 is 1.96 bits per heavy atom. The minimum absolute atomic E-state index is 0.0169. The third-order valence-corrected chi connectivity index (χ3v) is 3.51. The molecule has 0 saturated carbocycles. The number of rotatable bonds is 6. The van der Waals surface area contributed by atoms with Crippen LogP contribution in [-0.2, 0) is 4.79 Å². The maximum atomic E-state index is 13.0. The quantitative estimate of drug-likeness (QED) is 0.606. The fourth-order valence-corrected chi connectivity index (χ4v) is 2.20. The third kappa shape index (κ3) is 4.53. The second-order valence-electron chi connectivity index (χ2n) is 5.33. The fourth-order valence-electron chi connectivity index (χ4n) is 2.20. The topological polar surface area (TPSA) is 111 Å². The van der Waals surface area contributed by atoms with Gasteiger partial charge in [0.1, 0.15) is 5.82 Å². The van der Waals surface area contributed by atoms with Crippen LogP contribution in [-0.4, -0.2) is 30.4 Å². The first-order chi connectivity index (χ1) is 12.3. The van der Waals surface area contributed by atoms with E-state index in [1.807, 2.05) is 0 Å². The lowest BCUT2D eigenvalue weighted by Gasteiger charge is -2.10. The van der Waals surface area contributed by atoms with Crippen LogP contribution < -0.4 is 15.4 Å². The van der Waals surface area contributed by atoms with Crippen molar-refractivity contribution in [3.05, 3.63) is 63.5 Å². The molecule has 0 aliphatic carbocycles. The zero-order chi connectivity index (χ0) is 19.3. The van der Waals surface area contributed by atoms with Crippen molar-refractivity contribution < 1.29 is 23.6 Å². The second kappa shape index (κ2) is 8.06.